The highest BCUT2D eigenvalue weighted by atomic mass is 79.9. The molecule has 1 N–H and O–H groups in total. The van der Waals surface area contributed by atoms with Gasteiger partial charge in [0.1, 0.15) is 5.15 Å². The fraction of sp³-hybridized carbons (Fsp3) is 0.167. The van der Waals surface area contributed by atoms with E-state index < -0.39 is 5.97 Å². The van der Waals surface area contributed by atoms with Gasteiger partial charge in [-0.1, -0.05) is 18.5 Å². The third-order valence-electron chi connectivity index (χ3n) is 2.53. The van der Waals surface area contributed by atoms with Gasteiger partial charge in [-0.15, -0.1) is 0 Å². The second-order valence-electron chi connectivity index (χ2n) is 3.63. The van der Waals surface area contributed by atoms with Crippen LogP contribution in [0.15, 0.2) is 22.7 Å². The lowest BCUT2D eigenvalue weighted by Crippen LogP contribution is -2.00. The van der Waals surface area contributed by atoms with Crippen molar-refractivity contribution in [3.63, 3.8) is 0 Å². The molecule has 88 valence electrons. The van der Waals surface area contributed by atoms with Gasteiger partial charge in [-0.3, -0.25) is 0 Å². The highest BCUT2D eigenvalue weighted by Crippen LogP contribution is 2.29. The largest absolute Gasteiger partial charge is 0.478 e. The van der Waals surface area contributed by atoms with Crippen molar-refractivity contribution in [2.75, 3.05) is 0 Å². The molecule has 1 aromatic carbocycles. The van der Waals surface area contributed by atoms with Crippen LogP contribution in [0.4, 0.5) is 0 Å². The SMILES string of the molecule is CCc1cc(Br)c2nc(Cl)cc(C(=O)O)c2c1. The minimum atomic E-state index is -1.00. The topological polar surface area (TPSA) is 50.2 Å². The molecular weight excluding hydrogens is 305 g/mol. The molecule has 17 heavy (non-hydrogen) atoms. The molecule has 0 fully saturated rings. The number of hydrogen-bond donors (Lipinski definition) is 1. The Morgan fingerprint density at radius 1 is 1.47 bits per heavy atom. The maximum absolute atomic E-state index is 11.2. The van der Waals surface area contributed by atoms with E-state index >= 15 is 0 Å². The summed E-state index contributed by atoms with van der Waals surface area (Å²) in [6.07, 6.45) is 0.830. The standard InChI is InChI=1S/C12H9BrClNO2/c1-2-6-3-7-8(12(16)17)5-10(14)15-11(7)9(13)4-6/h3-5H,2H2,1H3,(H,16,17). The Morgan fingerprint density at radius 2 is 2.18 bits per heavy atom. The van der Waals surface area contributed by atoms with Gasteiger partial charge < -0.3 is 5.11 Å². The zero-order valence-corrected chi connectivity index (χ0v) is 11.3. The zero-order chi connectivity index (χ0) is 12.6. The number of nitrogens with zero attached hydrogens (tertiary/aromatic N) is 1. The number of carboxylic acid groups (broad SMARTS) is 1. The Morgan fingerprint density at radius 3 is 2.76 bits per heavy atom. The van der Waals surface area contributed by atoms with E-state index in [1.807, 2.05) is 19.1 Å². The molecule has 0 saturated carbocycles. The van der Waals surface area contributed by atoms with Gasteiger partial charge >= 0.3 is 5.97 Å². The third-order valence-corrected chi connectivity index (χ3v) is 3.33. The van der Waals surface area contributed by atoms with Crippen molar-refractivity contribution in [2.24, 2.45) is 0 Å². The summed E-state index contributed by atoms with van der Waals surface area (Å²) >= 11 is 9.21. The molecule has 1 aromatic heterocycles. The number of hydrogen-bond acceptors (Lipinski definition) is 2. The number of carboxylic acids is 1. The van der Waals surface area contributed by atoms with Gasteiger partial charge in [0.15, 0.2) is 0 Å². The number of aromatic nitrogens is 1. The number of carbonyl (C=O) groups is 1. The highest BCUT2D eigenvalue weighted by molar-refractivity contribution is 9.10. The first-order valence-electron chi connectivity index (χ1n) is 5.05. The highest BCUT2D eigenvalue weighted by Gasteiger charge is 2.13. The van der Waals surface area contributed by atoms with Crippen LogP contribution in [0.2, 0.25) is 5.15 Å². The Bertz CT molecular complexity index is 613. The lowest BCUT2D eigenvalue weighted by atomic mass is 10.0. The molecule has 5 heteroatoms. The summed E-state index contributed by atoms with van der Waals surface area (Å²) in [7, 11) is 0. The molecule has 1 heterocycles. The number of benzene rings is 1. The number of halogens is 2. The molecule has 0 bridgehead atoms. The van der Waals surface area contributed by atoms with E-state index in [9.17, 15) is 4.79 Å². The van der Waals surface area contributed by atoms with Crippen LogP contribution in [0.5, 0.6) is 0 Å². The first kappa shape index (κ1) is 12.3. The third kappa shape index (κ3) is 2.28. The summed E-state index contributed by atoms with van der Waals surface area (Å²) in [5.74, 6) is -1.00. The Hall–Kier alpha value is -1.13. The minimum absolute atomic E-state index is 0.177. The van der Waals surface area contributed by atoms with Crippen LogP contribution < -0.4 is 0 Å². The van der Waals surface area contributed by atoms with Crippen molar-refractivity contribution in [1.29, 1.82) is 0 Å². The number of aryl methyl sites for hydroxylation is 1. The number of fused-ring (bicyclic) bond motifs is 1. The lowest BCUT2D eigenvalue weighted by Gasteiger charge is -2.07. The Labute approximate surface area is 112 Å². The maximum Gasteiger partial charge on any atom is 0.336 e. The smallest absolute Gasteiger partial charge is 0.336 e. The Kier molecular flexibility index (Phi) is 3.35. The van der Waals surface area contributed by atoms with Crippen LogP contribution in [0.25, 0.3) is 10.9 Å². The van der Waals surface area contributed by atoms with E-state index in [2.05, 4.69) is 20.9 Å². The van der Waals surface area contributed by atoms with Crippen LogP contribution in [0.1, 0.15) is 22.8 Å². The number of aromatic carboxylic acids is 1. The molecule has 0 aliphatic heterocycles. The van der Waals surface area contributed by atoms with Gasteiger partial charge in [0.05, 0.1) is 11.1 Å². The second-order valence-corrected chi connectivity index (χ2v) is 4.87. The molecule has 0 aliphatic carbocycles. The van der Waals surface area contributed by atoms with Crippen LogP contribution in [0.3, 0.4) is 0 Å². The summed E-state index contributed by atoms with van der Waals surface area (Å²) in [4.78, 5) is 15.3. The zero-order valence-electron chi connectivity index (χ0n) is 9.00. The number of pyridine rings is 1. The molecule has 3 nitrogen and oxygen atoms in total. The second kappa shape index (κ2) is 4.63. The van der Waals surface area contributed by atoms with Gasteiger partial charge in [0, 0.05) is 9.86 Å². The van der Waals surface area contributed by atoms with Crippen LogP contribution in [0, 0.1) is 0 Å². The lowest BCUT2D eigenvalue weighted by molar-refractivity contribution is 0.0699. The molecule has 0 unspecified atom stereocenters. The summed E-state index contributed by atoms with van der Waals surface area (Å²) in [5, 5.41) is 9.95. The Balaban J connectivity index is 2.89. The molecule has 0 radical (unpaired) electrons. The van der Waals surface area contributed by atoms with Gasteiger partial charge in [0.25, 0.3) is 0 Å². The van der Waals surface area contributed by atoms with E-state index in [-0.39, 0.29) is 10.7 Å². The fourth-order valence-corrected chi connectivity index (χ4v) is 2.48. The van der Waals surface area contributed by atoms with Gasteiger partial charge in [-0.2, -0.15) is 0 Å². The molecule has 0 saturated heterocycles. The minimum Gasteiger partial charge on any atom is -0.478 e. The molecule has 0 spiro atoms. The molecular formula is C12H9BrClNO2. The van der Waals surface area contributed by atoms with E-state index in [1.165, 1.54) is 6.07 Å². The molecule has 2 aromatic rings. The average Bonchev–Trinajstić information content (AvgIpc) is 2.28. The van der Waals surface area contributed by atoms with Gasteiger partial charge in [-0.25, -0.2) is 9.78 Å². The van der Waals surface area contributed by atoms with Crippen molar-refractivity contribution in [1.82, 2.24) is 4.98 Å². The van der Waals surface area contributed by atoms with E-state index in [0.29, 0.717) is 10.9 Å². The van der Waals surface area contributed by atoms with Crippen molar-refractivity contribution >= 4 is 44.4 Å². The molecule has 0 aliphatic rings. The van der Waals surface area contributed by atoms with E-state index in [0.717, 1.165) is 16.5 Å². The monoisotopic (exact) mass is 313 g/mol. The average molecular weight is 315 g/mol. The predicted octanol–water partition coefficient (Wildman–Crippen LogP) is 3.91. The molecule has 2 rings (SSSR count). The van der Waals surface area contributed by atoms with Crippen LogP contribution in [-0.4, -0.2) is 16.1 Å². The first-order chi connectivity index (χ1) is 8.02. The maximum atomic E-state index is 11.2. The van der Waals surface area contributed by atoms with Crippen molar-refractivity contribution < 1.29 is 9.90 Å². The van der Waals surface area contributed by atoms with Crippen molar-refractivity contribution in [2.45, 2.75) is 13.3 Å². The molecule has 0 amide bonds. The summed E-state index contributed by atoms with van der Waals surface area (Å²) < 4.78 is 0.761. The summed E-state index contributed by atoms with van der Waals surface area (Å²) in [6.45, 7) is 2.01. The fourth-order valence-electron chi connectivity index (χ4n) is 1.69. The normalized spacial score (nSPS) is 10.8. The quantitative estimate of drug-likeness (QED) is 0.855. The van der Waals surface area contributed by atoms with Crippen molar-refractivity contribution in [3.05, 3.63) is 39.0 Å². The van der Waals surface area contributed by atoms with Crippen LogP contribution in [-0.2, 0) is 6.42 Å². The predicted molar refractivity (Wildman–Crippen MR) is 70.8 cm³/mol. The molecule has 0 atom stereocenters. The van der Waals surface area contributed by atoms with Crippen LogP contribution >= 0.6 is 27.5 Å². The van der Waals surface area contributed by atoms with Gasteiger partial charge in [0.2, 0.25) is 0 Å². The van der Waals surface area contributed by atoms with Crippen molar-refractivity contribution in [3.8, 4) is 0 Å². The van der Waals surface area contributed by atoms with E-state index in [1.54, 1.807) is 0 Å². The van der Waals surface area contributed by atoms with Gasteiger partial charge in [-0.05, 0) is 46.1 Å². The summed E-state index contributed by atoms with van der Waals surface area (Å²) in [5.41, 5.74) is 1.80. The number of rotatable bonds is 2. The first-order valence-corrected chi connectivity index (χ1v) is 6.22. The van der Waals surface area contributed by atoms with E-state index in [4.69, 9.17) is 16.7 Å². The summed E-state index contributed by atoms with van der Waals surface area (Å²) in [6, 6.07) is 5.14.